The van der Waals surface area contributed by atoms with E-state index in [0.29, 0.717) is 12.4 Å². The molecule has 0 fully saturated rings. The van der Waals surface area contributed by atoms with Gasteiger partial charge >= 0.3 is 0 Å². The number of phenolic OH excluding ortho intramolecular Hbond substituents is 1. The third-order valence-electron chi connectivity index (χ3n) is 1.77. The van der Waals surface area contributed by atoms with Crippen LogP contribution in [0.1, 0.15) is 18.9 Å². The Labute approximate surface area is 84.8 Å². The van der Waals surface area contributed by atoms with E-state index in [2.05, 4.69) is 6.92 Å². The van der Waals surface area contributed by atoms with Crippen molar-refractivity contribution in [2.75, 3.05) is 13.2 Å². The molecule has 0 aliphatic heterocycles. The van der Waals surface area contributed by atoms with Gasteiger partial charge in [0.2, 0.25) is 0 Å². The van der Waals surface area contributed by atoms with Gasteiger partial charge in [0.15, 0.2) is 0 Å². The Morgan fingerprint density at radius 2 is 2.00 bits per heavy atom. The van der Waals surface area contributed by atoms with Crippen LogP contribution >= 0.6 is 0 Å². The van der Waals surface area contributed by atoms with E-state index in [4.69, 9.17) is 9.84 Å². The third-order valence-corrected chi connectivity index (χ3v) is 1.77. The summed E-state index contributed by atoms with van der Waals surface area (Å²) in [6.07, 6.45) is 5.00. The zero-order valence-corrected chi connectivity index (χ0v) is 8.44. The number of rotatable bonds is 5. The van der Waals surface area contributed by atoms with Gasteiger partial charge in [-0.05, 0) is 24.1 Å². The summed E-state index contributed by atoms with van der Waals surface area (Å²) in [5.74, 6) is 0.296. The molecule has 76 valence electrons. The molecule has 0 spiro atoms. The fraction of sp³-hybridized carbons (Fsp3) is 0.333. The van der Waals surface area contributed by atoms with Crippen molar-refractivity contribution >= 4 is 6.08 Å². The van der Waals surface area contributed by atoms with E-state index in [-0.39, 0.29) is 0 Å². The standard InChI is InChI=1S/C12H16O2/c1-2-9-14-10-3-4-11-5-7-12(13)8-6-11/h3-8,13H,2,9-10H2,1H3. The molecule has 0 saturated heterocycles. The maximum atomic E-state index is 9.05. The van der Waals surface area contributed by atoms with Crippen molar-refractivity contribution in [2.45, 2.75) is 13.3 Å². The molecule has 14 heavy (non-hydrogen) atoms. The number of hydrogen-bond donors (Lipinski definition) is 1. The zero-order chi connectivity index (χ0) is 10.2. The number of phenols is 1. The fourth-order valence-corrected chi connectivity index (χ4v) is 1.07. The van der Waals surface area contributed by atoms with Crippen LogP contribution in [0, 0.1) is 0 Å². The normalized spacial score (nSPS) is 10.9. The lowest BCUT2D eigenvalue weighted by Crippen LogP contribution is -1.91. The van der Waals surface area contributed by atoms with E-state index in [1.165, 1.54) is 0 Å². The summed E-state index contributed by atoms with van der Waals surface area (Å²) in [4.78, 5) is 0. The van der Waals surface area contributed by atoms with Crippen LogP contribution in [0.25, 0.3) is 6.08 Å². The summed E-state index contributed by atoms with van der Waals surface area (Å²) < 4.78 is 5.29. The highest BCUT2D eigenvalue weighted by Gasteiger charge is 1.87. The molecule has 1 aromatic carbocycles. The van der Waals surface area contributed by atoms with Crippen LogP contribution in [0.3, 0.4) is 0 Å². The number of ether oxygens (including phenoxy) is 1. The van der Waals surface area contributed by atoms with E-state index < -0.39 is 0 Å². The van der Waals surface area contributed by atoms with Crippen LogP contribution in [0.15, 0.2) is 30.3 Å². The predicted molar refractivity (Wildman–Crippen MR) is 58.3 cm³/mol. The molecule has 0 bridgehead atoms. The largest absolute Gasteiger partial charge is 0.508 e. The van der Waals surface area contributed by atoms with Crippen molar-refractivity contribution in [3.63, 3.8) is 0 Å². The van der Waals surface area contributed by atoms with E-state index in [0.717, 1.165) is 18.6 Å². The van der Waals surface area contributed by atoms with Crippen molar-refractivity contribution in [3.8, 4) is 5.75 Å². The molecule has 2 heteroatoms. The van der Waals surface area contributed by atoms with Gasteiger partial charge in [0.25, 0.3) is 0 Å². The first kappa shape index (κ1) is 10.8. The highest BCUT2D eigenvalue weighted by molar-refractivity contribution is 5.50. The second-order valence-corrected chi connectivity index (χ2v) is 3.07. The number of aromatic hydroxyl groups is 1. The molecule has 0 unspecified atom stereocenters. The Balaban J connectivity index is 2.33. The quantitative estimate of drug-likeness (QED) is 0.727. The molecule has 2 nitrogen and oxygen atoms in total. The molecular weight excluding hydrogens is 176 g/mol. The molecule has 1 N–H and O–H groups in total. The van der Waals surface area contributed by atoms with E-state index >= 15 is 0 Å². The Bertz CT molecular complexity index is 275. The van der Waals surface area contributed by atoms with Crippen LogP contribution in [0.2, 0.25) is 0 Å². The Hall–Kier alpha value is -1.28. The molecule has 1 rings (SSSR count). The molecule has 0 aliphatic rings. The lowest BCUT2D eigenvalue weighted by Gasteiger charge is -1.96. The minimum atomic E-state index is 0.296. The van der Waals surface area contributed by atoms with Crippen molar-refractivity contribution < 1.29 is 9.84 Å². The van der Waals surface area contributed by atoms with Gasteiger partial charge in [0.05, 0.1) is 6.61 Å². The smallest absolute Gasteiger partial charge is 0.115 e. The minimum absolute atomic E-state index is 0.296. The molecule has 0 aromatic heterocycles. The van der Waals surface area contributed by atoms with Gasteiger partial charge in [0, 0.05) is 6.61 Å². The van der Waals surface area contributed by atoms with Gasteiger partial charge in [-0.15, -0.1) is 0 Å². The monoisotopic (exact) mass is 192 g/mol. The van der Waals surface area contributed by atoms with Crippen molar-refractivity contribution in [3.05, 3.63) is 35.9 Å². The van der Waals surface area contributed by atoms with Crippen LogP contribution in [0.4, 0.5) is 0 Å². The summed E-state index contributed by atoms with van der Waals surface area (Å²) in [6.45, 7) is 3.54. The first-order valence-corrected chi connectivity index (χ1v) is 4.86. The van der Waals surface area contributed by atoms with Crippen molar-refractivity contribution in [1.29, 1.82) is 0 Å². The van der Waals surface area contributed by atoms with E-state index in [9.17, 15) is 0 Å². The molecule has 1 aromatic rings. The fourth-order valence-electron chi connectivity index (χ4n) is 1.07. The van der Waals surface area contributed by atoms with Crippen LogP contribution in [0.5, 0.6) is 5.75 Å². The Morgan fingerprint density at radius 3 is 2.64 bits per heavy atom. The lowest BCUT2D eigenvalue weighted by atomic mass is 10.2. The number of benzene rings is 1. The summed E-state index contributed by atoms with van der Waals surface area (Å²) in [7, 11) is 0. The maximum absolute atomic E-state index is 9.05. The summed E-state index contributed by atoms with van der Waals surface area (Å²) in [6, 6.07) is 7.08. The Morgan fingerprint density at radius 1 is 1.29 bits per heavy atom. The van der Waals surface area contributed by atoms with Gasteiger partial charge in [-0.3, -0.25) is 0 Å². The molecule has 0 aliphatic carbocycles. The Kier molecular flexibility index (Phi) is 4.79. The van der Waals surface area contributed by atoms with Gasteiger partial charge in [0.1, 0.15) is 5.75 Å². The van der Waals surface area contributed by atoms with Gasteiger partial charge in [-0.1, -0.05) is 31.2 Å². The van der Waals surface area contributed by atoms with Crippen LogP contribution < -0.4 is 0 Å². The molecule has 0 heterocycles. The molecule has 0 atom stereocenters. The number of hydrogen-bond acceptors (Lipinski definition) is 2. The summed E-state index contributed by atoms with van der Waals surface area (Å²) in [5.41, 5.74) is 1.07. The topological polar surface area (TPSA) is 29.5 Å². The van der Waals surface area contributed by atoms with Gasteiger partial charge in [-0.25, -0.2) is 0 Å². The van der Waals surface area contributed by atoms with Crippen LogP contribution in [-0.4, -0.2) is 18.3 Å². The second-order valence-electron chi connectivity index (χ2n) is 3.07. The average molecular weight is 192 g/mol. The first-order chi connectivity index (χ1) is 6.83. The predicted octanol–water partition coefficient (Wildman–Crippen LogP) is 2.83. The minimum Gasteiger partial charge on any atom is -0.508 e. The second kappa shape index (κ2) is 6.22. The first-order valence-electron chi connectivity index (χ1n) is 4.86. The maximum Gasteiger partial charge on any atom is 0.115 e. The van der Waals surface area contributed by atoms with Crippen molar-refractivity contribution in [1.82, 2.24) is 0 Å². The van der Waals surface area contributed by atoms with Crippen LogP contribution in [-0.2, 0) is 4.74 Å². The summed E-state index contributed by atoms with van der Waals surface area (Å²) >= 11 is 0. The zero-order valence-electron chi connectivity index (χ0n) is 8.44. The average Bonchev–Trinajstić information content (AvgIpc) is 2.21. The molecule has 0 radical (unpaired) electrons. The molecular formula is C12H16O2. The lowest BCUT2D eigenvalue weighted by molar-refractivity contribution is 0.163. The van der Waals surface area contributed by atoms with Gasteiger partial charge < -0.3 is 9.84 Å². The van der Waals surface area contributed by atoms with Gasteiger partial charge in [-0.2, -0.15) is 0 Å². The van der Waals surface area contributed by atoms with E-state index in [1.807, 2.05) is 24.3 Å². The van der Waals surface area contributed by atoms with Crippen molar-refractivity contribution in [2.24, 2.45) is 0 Å². The summed E-state index contributed by atoms with van der Waals surface area (Å²) in [5, 5.41) is 9.05. The molecule has 0 saturated carbocycles. The highest BCUT2D eigenvalue weighted by Crippen LogP contribution is 2.10. The van der Waals surface area contributed by atoms with E-state index in [1.54, 1.807) is 12.1 Å². The molecule has 0 amide bonds. The highest BCUT2D eigenvalue weighted by atomic mass is 16.5. The third kappa shape index (κ3) is 4.10. The SMILES string of the molecule is CCCOCC=Cc1ccc(O)cc1.